The molecular formula is C21H15Cl2N3O. The second-order valence-electron chi connectivity index (χ2n) is 6.57. The molecule has 0 saturated carbocycles. The quantitative estimate of drug-likeness (QED) is 0.563. The Morgan fingerprint density at radius 2 is 1.78 bits per heavy atom. The van der Waals surface area contributed by atoms with Crippen LogP contribution in [0.15, 0.2) is 72.1 Å². The molecule has 6 heteroatoms. The topological polar surface area (TPSA) is 37.7 Å². The number of fused-ring (bicyclic) bond motifs is 3. The van der Waals surface area contributed by atoms with Crippen LogP contribution in [0.4, 0.5) is 0 Å². The smallest absolute Gasteiger partial charge is 0.214 e. The maximum Gasteiger partial charge on any atom is 0.214 e. The summed E-state index contributed by atoms with van der Waals surface area (Å²) in [6, 6.07) is 17.7. The number of ether oxygens (including phenoxy) is 1. The van der Waals surface area contributed by atoms with Crippen molar-refractivity contribution in [3.63, 3.8) is 0 Å². The minimum atomic E-state index is -0.370. The maximum absolute atomic E-state index is 6.47. The van der Waals surface area contributed by atoms with E-state index in [0.717, 1.165) is 28.8 Å². The van der Waals surface area contributed by atoms with Crippen molar-refractivity contribution in [3.8, 4) is 5.75 Å². The molecule has 3 aromatic rings. The molecule has 0 amide bonds. The van der Waals surface area contributed by atoms with Crippen LogP contribution in [0.2, 0.25) is 10.0 Å². The van der Waals surface area contributed by atoms with E-state index in [4.69, 9.17) is 33.0 Å². The third-order valence-electron chi connectivity index (χ3n) is 4.91. The minimum absolute atomic E-state index is 0.0123. The molecule has 2 aromatic carbocycles. The molecule has 1 aromatic heterocycles. The number of hydrogen-bond donors (Lipinski definition) is 0. The zero-order valence-corrected chi connectivity index (χ0v) is 15.7. The molecule has 0 bridgehead atoms. The van der Waals surface area contributed by atoms with Gasteiger partial charge in [0.1, 0.15) is 5.75 Å². The first-order valence-electron chi connectivity index (χ1n) is 8.67. The molecule has 0 unspecified atom stereocenters. The summed E-state index contributed by atoms with van der Waals surface area (Å²) >= 11 is 12.7. The Hall–Kier alpha value is -2.56. The van der Waals surface area contributed by atoms with E-state index in [1.807, 2.05) is 41.4 Å². The van der Waals surface area contributed by atoms with Crippen LogP contribution in [-0.4, -0.2) is 15.7 Å². The predicted molar refractivity (Wildman–Crippen MR) is 106 cm³/mol. The van der Waals surface area contributed by atoms with Gasteiger partial charge in [-0.25, -0.2) is 5.01 Å². The number of pyridine rings is 1. The largest absolute Gasteiger partial charge is 0.463 e. The second-order valence-corrected chi connectivity index (χ2v) is 7.41. The van der Waals surface area contributed by atoms with Gasteiger partial charge in [-0.05, 0) is 29.8 Å². The summed E-state index contributed by atoms with van der Waals surface area (Å²) in [5.41, 5.74) is 4.07. The number of aromatic nitrogens is 1. The summed E-state index contributed by atoms with van der Waals surface area (Å²) in [4.78, 5) is 4.11. The first kappa shape index (κ1) is 16.6. The van der Waals surface area contributed by atoms with Gasteiger partial charge in [0, 0.05) is 35.0 Å². The Morgan fingerprint density at radius 1 is 1.00 bits per heavy atom. The van der Waals surface area contributed by atoms with Gasteiger partial charge >= 0.3 is 0 Å². The van der Waals surface area contributed by atoms with E-state index in [0.29, 0.717) is 15.8 Å². The zero-order valence-electron chi connectivity index (χ0n) is 14.2. The fraction of sp³-hybridized carbons (Fsp3) is 0.143. The third-order valence-corrected chi connectivity index (χ3v) is 5.41. The summed E-state index contributed by atoms with van der Waals surface area (Å²) < 4.78 is 6.30. The van der Waals surface area contributed by atoms with Crippen molar-refractivity contribution >= 4 is 28.9 Å². The van der Waals surface area contributed by atoms with E-state index in [9.17, 15) is 0 Å². The van der Waals surface area contributed by atoms with Gasteiger partial charge in [-0.1, -0.05) is 53.5 Å². The normalized spacial score (nSPS) is 20.5. The van der Waals surface area contributed by atoms with E-state index >= 15 is 0 Å². The van der Waals surface area contributed by atoms with E-state index < -0.39 is 0 Å². The molecule has 27 heavy (non-hydrogen) atoms. The molecule has 0 N–H and O–H groups in total. The highest BCUT2D eigenvalue weighted by atomic mass is 35.5. The zero-order chi connectivity index (χ0) is 18.4. The Kier molecular flexibility index (Phi) is 4.03. The molecule has 2 aliphatic rings. The molecule has 0 spiro atoms. The molecular weight excluding hydrogens is 381 g/mol. The van der Waals surface area contributed by atoms with Crippen molar-refractivity contribution in [1.29, 1.82) is 0 Å². The highest BCUT2D eigenvalue weighted by molar-refractivity contribution is 6.35. The van der Waals surface area contributed by atoms with Crippen LogP contribution in [0.5, 0.6) is 5.75 Å². The number of halogens is 2. The van der Waals surface area contributed by atoms with Crippen LogP contribution < -0.4 is 4.74 Å². The van der Waals surface area contributed by atoms with Crippen LogP contribution >= 0.6 is 23.2 Å². The summed E-state index contributed by atoms with van der Waals surface area (Å²) in [6.45, 7) is 0. The molecule has 0 saturated heterocycles. The molecule has 0 fully saturated rings. The predicted octanol–water partition coefficient (Wildman–Crippen LogP) is 5.63. The molecule has 5 rings (SSSR count). The number of benzene rings is 2. The number of hydrogen-bond acceptors (Lipinski definition) is 4. The highest BCUT2D eigenvalue weighted by Gasteiger charge is 2.42. The first-order valence-corrected chi connectivity index (χ1v) is 9.43. The molecule has 0 aliphatic carbocycles. The van der Waals surface area contributed by atoms with Gasteiger partial charge in [0.2, 0.25) is 6.23 Å². The lowest BCUT2D eigenvalue weighted by atomic mass is 9.96. The first-order chi connectivity index (χ1) is 13.2. The van der Waals surface area contributed by atoms with Crippen molar-refractivity contribution in [2.24, 2.45) is 5.10 Å². The summed E-state index contributed by atoms with van der Waals surface area (Å²) in [6.07, 6.45) is 3.90. The van der Waals surface area contributed by atoms with Crippen molar-refractivity contribution in [2.75, 3.05) is 0 Å². The standard InChI is InChI=1S/C21H15Cl2N3O/c22-15-10-16-19-12-18(13-4-2-1-3-5-13)25-26(19)21(14-6-8-24-9-7-14)27-20(16)17(23)11-15/h1-11,19,21H,12H2/t19-,21+/m1/s1. The van der Waals surface area contributed by atoms with E-state index in [1.165, 1.54) is 0 Å². The highest BCUT2D eigenvalue weighted by Crippen LogP contribution is 2.50. The van der Waals surface area contributed by atoms with Gasteiger partial charge in [-0.15, -0.1) is 0 Å². The number of hydrazone groups is 1. The number of nitrogens with zero attached hydrogens (tertiary/aromatic N) is 3. The van der Waals surface area contributed by atoms with Crippen LogP contribution in [0.25, 0.3) is 0 Å². The SMILES string of the molecule is Clc1cc(Cl)c2c(c1)[C@H]1CC(c3ccccc3)=NN1[C@H](c1ccncc1)O2. The number of rotatable bonds is 2. The maximum atomic E-state index is 6.47. The average Bonchev–Trinajstić information content (AvgIpc) is 3.15. The Bertz CT molecular complexity index is 1020. The Labute approximate surface area is 167 Å². The second kappa shape index (κ2) is 6.55. The van der Waals surface area contributed by atoms with Gasteiger partial charge < -0.3 is 4.74 Å². The van der Waals surface area contributed by atoms with Crippen molar-refractivity contribution < 1.29 is 4.74 Å². The summed E-state index contributed by atoms with van der Waals surface area (Å²) in [7, 11) is 0. The van der Waals surface area contributed by atoms with Crippen molar-refractivity contribution in [2.45, 2.75) is 18.7 Å². The fourth-order valence-corrected chi connectivity index (χ4v) is 4.22. The van der Waals surface area contributed by atoms with Gasteiger partial charge in [0.05, 0.1) is 16.8 Å². The molecule has 4 nitrogen and oxygen atoms in total. The van der Waals surface area contributed by atoms with Crippen molar-refractivity contribution in [3.05, 3.63) is 93.7 Å². The Morgan fingerprint density at radius 3 is 2.56 bits per heavy atom. The third kappa shape index (κ3) is 2.85. The van der Waals surface area contributed by atoms with Gasteiger partial charge in [0.25, 0.3) is 0 Å². The van der Waals surface area contributed by atoms with E-state index in [-0.39, 0.29) is 12.3 Å². The van der Waals surface area contributed by atoms with Crippen LogP contribution in [-0.2, 0) is 0 Å². The lowest BCUT2D eigenvalue weighted by molar-refractivity contribution is -0.0189. The fourth-order valence-electron chi connectivity index (χ4n) is 3.67. The average molecular weight is 396 g/mol. The minimum Gasteiger partial charge on any atom is -0.463 e. The van der Waals surface area contributed by atoms with E-state index in [1.54, 1.807) is 18.5 Å². The van der Waals surface area contributed by atoms with Gasteiger partial charge in [-0.3, -0.25) is 4.98 Å². The van der Waals surface area contributed by atoms with Crippen molar-refractivity contribution in [1.82, 2.24) is 9.99 Å². The molecule has 0 radical (unpaired) electrons. The monoisotopic (exact) mass is 395 g/mol. The molecule has 2 atom stereocenters. The lowest BCUT2D eigenvalue weighted by Gasteiger charge is -2.38. The van der Waals surface area contributed by atoms with Gasteiger partial charge in [0.15, 0.2) is 0 Å². The van der Waals surface area contributed by atoms with Crippen LogP contribution in [0.3, 0.4) is 0 Å². The molecule has 134 valence electrons. The van der Waals surface area contributed by atoms with Crippen LogP contribution in [0.1, 0.15) is 35.4 Å². The molecule has 2 aliphatic heterocycles. The van der Waals surface area contributed by atoms with Gasteiger partial charge in [-0.2, -0.15) is 5.10 Å². The van der Waals surface area contributed by atoms with E-state index in [2.05, 4.69) is 17.1 Å². The summed E-state index contributed by atoms with van der Waals surface area (Å²) in [5, 5.41) is 8.03. The summed E-state index contributed by atoms with van der Waals surface area (Å²) in [5.74, 6) is 0.675. The van der Waals surface area contributed by atoms with Crippen LogP contribution in [0, 0.1) is 0 Å². The Balaban J connectivity index is 1.64. The molecule has 3 heterocycles. The lowest BCUT2D eigenvalue weighted by Crippen LogP contribution is -2.33.